The quantitative estimate of drug-likeness (QED) is 0.801. The number of nitrogens with one attached hydrogen (secondary N) is 1. The number of hydrogen-bond acceptors (Lipinski definition) is 3. The SMILES string of the molecule is CN(CC(C)(C)C)C1CCC(NC2CC2)(C(=O)O)C1. The molecule has 2 saturated carbocycles. The molecule has 110 valence electrons. The molecule has 0 radical (unpaired) electrons. The van der Waals surface area contributed by atoms with Gasteiger partial charge in [-0.15, -0.1) is 0 Å². The molecule has 0 aromatic rings. The van der Waals surface area contributed by atoms with Gasteiger partial charge in [0, 0.05) is 18.6 Å². The van der Waals surface area contributed by atoms with Crippen LogP contribution in [0.1, 0.15) is 52.9 Å². The summed E-state index contributed by atoms with van der Waals surface area (Å²) in [6.07, 6.45) is 4.76. The molecule has 19 heavy (non-hydrogen) atoms. The zero-order chi connectivity index (χ0) is 14.3. The van der Waals surface area contributed by atoms with Gasteiger partial charge in [0.25, 0.3) is 0 Å². The monoisotopic (exact) mass is 268 g/mol. The third kappa shape index (κ3) is 3.69. The number of hydrogen-bond donors (Lipinski definition) is 2. The van der Waals surface area contributed by atoms with Gasteiger partial charge in [-0.05, 0) is 44.6 Å². The van der Waals surface area contributed by atoms with Gasteiger partial charge in [-0.25, -0.2) is 0 Å². The maximum atomic E-state index is 11.7. The molecule has 2 atom stereocenters. The van der Waals surface area contributed by atoms with Crippen LogP contribution in [0, 0.1) is 5.41 Å². The maximum Gasteiger partial charge on any atom is 0.323 e. The van der Waals surface area contributed by atoms with Crippen molar-refractivity contribution in [2.24, 2.45) is 5.41 Å². The Kier molecular flexibility index (Phi) is 3.94. The van der Waals surface area contributed by atoms with Crippen LogP contribution in [-0.4, -0.2) is 47.2 Å². The van der Waals surface area contributed by atoms with Gasteiger partial charge < -0.3 is 10.0 Å². The van der Waals surface area contributed by atoms with Crippen molar-refractivity contribution in [1.29, 1.82) is 0 Å². The first-order valence-electron chi connectivity index (χ1n) is 7.43. The second-order valence-corrected chi connectivity index (χ2v) is 7.68. The molecule has 2 fully saturated rings. The van der Waals surface area contributed by atoms with Crippen molar-refractivity contribution in [3.05, 3.63) is 0 Å². The maximum absolute atomic E-state index is 11.7. The van der Waals surface area contributed by atoms with E-state index in [0.29, 0.717) is 12.1 Å². The highest BCUT2D eigenvalue weighted by molar-refractivity contribution is 5.79. The highest BCUT2D eigenvalue weighted by Gasteiger charge is 2.49. The minimum absolute atomic E-state index is 0.257. The molecule has 2 aliphatic rings. The van der Waals surface area contributed by atoms with Crippen molar-refractivity contribution < 1.29 is 9.90 Å². The number of carboxylic acids is 1. The van der Waals surface area contributed by atoms with Crippen LogP contribution in [0.4, 0.5) is 0 Å². The summed E-state index contributed by atoms with van der Waals surface area (Å²) in [7, 11) is 2.13. The molecule has 2 rings (SSSR count). The lowest BCUT2D eigenvalue weighted by atomic mass is 9.94. The first kappa shape index (κ1) is 14.8. The molecule has 0 saturated heterocycles. The van der Waals surface area contributed by atoms with Gasteiger partial charge in [0.2, 0.25) is 0 Å². The molecule has 0 aliphatic heterocycles. The molecule has 0 bridgehead atoms. The van der Waals surface area contributed by atoms with E-state index >= 15 is 0 Å². The minimum atomic E-state index is -0.669. The topological polar surface area (TPSA) is 52.6 Å². The number of aliphatic carboxylic acids is 1. The number of carboxylic acid groups (broad SMARTS) is 1. The number of nitrogens with zero attached hydrogens (tertiary/aromatic N) is 1. The summed E-state index contributed by atoms with van der Waals surface area (Å²) in [5.41, 5.74) is -0.412. The predicted molar refractivity (Wildman–Crippen MR) is 76.2 cm³/mol. The fourth-order valence-electron chi connectivity index (χ4n) is 3.28. The molecule has 2 aliphatic carbocycles. The van der Waals surface area contributed by atoms with Crippen LogP contribution in [0.3, 0.4) is 0 Å². The first-order valence-corrected chi connectivity index (χ1v) is 7.43. The van der Waals surface area contributed by atoms with Crippen molar-refractivity contribution in [1.82, 2.24) is 10.2 Å². The standard InChI is InChI=1S/C15H28N2O2/c1-14(2,3)10-17(4)12-7-8-15(9-12,13(18)19)16-11-5-6-11/h11-12,16H,5-10H2,1-4H3,(H,18,19). The van der Waals surface area contributed by atoms with Crippen LogP contribution in [0.2, 0.25) is 0 Å². The lowest BCUT2D eigenvalue weighted by Gasteiger charge is -2.32. The van der Waals surface area contributed by atoms with Gasteiger partial charge in [-0.2, -0.15) is 0 Å². The van der Waals surface area contributed by atoms with Gasteiger partial charge in [0.05, 0.1) is 0 Å². The van der Waals surface area contributed by atoms with Gasteiger partial charge in [0.15, 0.2) is 0 Å². The van der Waals surface area contributed by atoms with Crippen LogP contribution < -0.4 is 5.32 Å². The highest BCUT2D eigenvalue weighted by Crippen LogP contribution is 2.37. The zero-order valence-corrected chi connectivity index (χ0v) is 12.7. The molecule has 0 aromatic heterocycles. The van der Waals surface area contributed by atoms with E-state index in [1.165, 1.54) is 0 Å². The van der Waals surface area contributed by atoms with Crippen molar-refractivity contribution >= 4 is 5.97 Å². The molecule has 2 N–H and O–H groups in total. The minimum Gasteiger partial charge on any atom is -0.480 e. The average Bonchev–Trinajstić information content (AvgIpc) is 2.92. The molecule has 4 heteroatoms. The van der Waals surface area contributed by atoms with E-state index in [9.17, 15) is 9.90 Å². The summed E-state index contributed by atoms with van der Waals surface area (Å²) >= 11 is 0. The van der Waals surface area contributed by atoms with E-state index in [1.807, 2.05) is 0 Å². The molecule has 2 unspecified atom stereocenters. The Bertz CT molecular complexity index is 347. The van der Waals surface area contributed by atoms with Crippen molar-refractivity contribution in [3.8, 4) is 0 Å². The Balaban J connectivity index is 1.97. The second-order valence-electron chi connectivity index (χ2n) is 7.68. The van der Waals surface area contributed by atoms with E-state index in [0.717, 1.165) is 38.6 Å². The number of carbonyl (C=O) groups is 1. The largest absolute Gasteiger partial charge is 0.480 e. The van der Waals surface area contributed by atoms with Gasteiger partial charge >= 0.3 is 5.97 Å². The normalized spacial score (nSPS) is 31.9. The second kappa shape index (κ2) is 5.06. The molecular weight excluding hydrogens is 240 g/mol. The molecular formula is C15H28N2O2. The lowest BCUT2D eigenvalue weighted by molar-refractivity contribution is -0.145. The van der Waals surface area contributed by atoms with E-state index in [2.05, 4.69) is 38.0 Å². The van der Waals surface area contributed by atoms with E-state index in [-0.39, 0.29) is 5.41 Å². The van der Waals surface area contributed by atoms with E-state index in [4.69, 9.17) is 0 Å². The Morgan fingerprint density at radius 1 is 1.37 bits per heavy atom. The van der Waals surface area contributed by atoms with E-state index in [1.54, 1.807) is 0 Å². The number of rotatable bonds is 5. The van der Waals surface area contributed by atoms with Crippen molar-refractivity contribution in [3.63, 3.8) is 0 Å². The molecule has 4 nitrogen and oxygen atoms in total. The van der Waals surface area contributed by atoms with E-state index < -0.39 is 11.5 Å². The summed E-state index contributed by atoms with van der Waals surface area (Å²) in [5, 5.41) is 13.0. The molecule has 0 spiro atoms. The van der Waals surface area contributed by atoms with Crippen molar-refractivity contribution in [2.45, 2.75) is 70.5 Å². The summed E-state index contributed by atoms with van der Waals surface area (Å²) < 4.78 is 0. The van der Waals surface area contributed by atoms with Crippen LogP contribution in [-0.2, 0) is 4.79 Å². The zero-order valence-electron chi connectivity index (χ0n) is 12.7. The first-order chi connectivity index (χ1) is 8.72. The smallest absolute Gasteiger partial charge is 0.323 e. The summed E-state index contributed by atoms with van der Waals surface area (Å²) in [6.45, 7) is 7.69. The molecule has 0 amide bonds. The molecule has 0 aromatic carbocycles. The molecule has 0 heterocycles. The Labute approximate surface area is 116 Å². The highest BCUT2D eigenvalue weighted by atomic mass is 16.4. The van der Waals surface area contributed by atoms with Crippen LogP contribution in [0.15, 0.2) is 0 Å². The fraction of sp³-hybridized carbons (Fsp3) is 0.933. The third-order valence-corrected chi connectivity index (χ3v) is 4.30. The lowest BCUT2D eigenvalue weighted by Crippen LogP contribution is -2.52. The summed E-state index contributed by atoms with van der Waals surface area (Å²) in [5.74, 6) is -0.661. The third-order valence-electron chi connectivity index (χ3n) is 4.30. The van der Waals surface area contributed by atoms with Crippen LogP contribution >= 0.6 is 0 Å². The van der Waals surface area contributed by atoms with Gasteiger partial charge in [-0.1, -0.05) is 20.8 Å². The Hall–Kier alpha value is -0.610. The van der Waals surface area contributed by atoms with Crippen LogP contribution in [0.5, 0.6) is 0 Å². The summed E-state index contributed by atoms with van der Waals surface area (Å²) in [6, 6.07) is 0.837. The van der Waals surface area contributed by atoms with Gasteiger partial charge in [0.1, 0.15) is 5.54 Å². The van der Waals surface area contributed by atoms with Crippen LogP contribution in [0.25, 0.3) is 0 Å². The predicted octanol–water partition coefficient (Wildman–Crippen LogP) is 2.09. The van der Waals surface area contributed by atoms with Crippen molar-refractivity contribution in [2.75, 3.05) is 13.6 Å². The Morgan fingerprint density at radius 3 is 2.47 bits per heavy atom. The summed E-state index contributed by atoms with van der Waals surface area (Å²) in [4.78, 5) is 14.0. The average molecular weight is 268 g/mol. The fourth-order valence-corrected chi connectivity index (χ4v) is 3.28. The Morgan fingerprint density at radius 2 is 2.00 bits per heavy atom. The van der Waals surface area contributed by atoms with Gasteiger partial charge in [-0.3, -0.25) is 10.1 Å².